The van der Waals surface area contributed by atoms with Gasteiger partial charge in [-0.3, -0.25) is 0 Å². The van der Waals surface area contributed by atoms with Crippen LogP contribution in [-0.4, -0.2) is 60.0 Å². The predicted octanol–water partition coefficient (Wildman–Crippen LogP) is 4.48. The fourth-order valence-corrected chi connectivity index (χ4v) is 2.35. The number of ether oxygens (including phenoxy) is 1. The van der Waals surface area contributed by atoms with Crippen molar-refractivity contribution in [2.45, 2.75) is 59.0 Å². The fourth-order valence-electron chi connectivity index (χ4n) is 2.35. The first-order valence-electron chi connectivity index (χ1n) is 9.81. The molecule has 1 aromatic rings. The average molecular weight is 404 g/mol. The van der Waals surface area contributed by atoms with E-state index in [2.05, 4.69) is 25.7 Å². The Bertz CT molecular complexity index is 437. The van der Waals surface area contributed by atoms with Crippen molar-refractivity contribution in [3.63, 3.8) is 0 Å². The molecule has 1 atom stereocenters. The minimum Gasteiger partial charge on any atom is -0.478 e. The SMILES string of the molecule is CCCCN(CCCC)CC(O)COCCC.Cl.O=C(O)c1ccccc1. The minimum absolute atomic E-state index is 0. The van der Waals surface area contributed by atoms with Gasteiger partial charge in [0.15, 0.2) is 0 Å². The van der Waals surface area contributed by atoms with Crippen molar-refractivity contribution in [2.75, 3.05) is 32.8 Å². The Morgan fingerprint density at radius 3 is 2.00 bits per heavy atom. The van der Waals surface area contributed by atoms with Crippen molar-refractivity contribution in [3.05, 3.63) is 35.9 Å². The molecule has 0 saturated heterocycles. The standard InChI is InChI=1S/C14H31NO2.C7H6O2.ClH/c1-4-7-9-15(10-8-5-2)12-14(16)13-17-11-6-3;8-7(9)6-4-2-1-3-5-6;/h14,16H,4-13H2,1-3H3;1-5H,(H,8,9);1H. The highest BCUT2D eigenvalue weighted by Gasteiger charge is 2.11. The van der Waals surface area contributed by atoms with E-state index in [0.717, 1.165) is 32.7 Å². The van der Waals surface area contributed by atoms with Crippen LogP contribution in [0.5, 0.6) is 0 Å². The number of carboxylic acid groups (broad SMARTS) is 1. The maximum Gasteiger partial charge on any atom is 0.335 e. The number of benzene rings is 1. The molecule has 0 heterocycles. The molecule has 0 radical (unpaired) electrons. The largest absolute Gasteiger partial charge is 0.478 e. The lowest BCUT2D eigenvalue weighted by Gasteiger charge is -2.24. The third kappa shape index (κ3) is 16.7. The number of hydrogen-bond acceptors (Lipinski definition) is 4. The van der Waals surface area contributed by atoms with E-state index < -0.39 is 5.97 Å². The number of aliphatic hydroxyl groups excluding tert-OH is 1. The van der Waals surface area contributed by atoms with Gasteiger partial charge in [0.25, 0.3) is 0 Å². The van der Waals surface area contributed by atoms with Crippen LogP contribution in [-0.2, 0) is 4.74 Å². The van der Waals surface area contributed by atoms with Crippen molar-refractivity contribution >= 4 is 18.4 Å². The Labute approximate surface area is 171 Å². The van der Waals surface area contributed by atoms with Crippen LogP contribution in [0.2, 0.25) is 0 Å². The third-order valence-electron chi connectivity index (χ3n) is 3.80. The molecule has 1 rings (SSSR count). The molecule has 0 aliphatic heterocycles. The van der Waals surface area contributed by atoms with Gasteiger partial charge in [-0.25, -0.2) is 4.79 Å². The lowest BCUT2D eigenvalue weighted by molar-refractivity contribution is 0.0164. The van der Waals surface area contributed by atoms with E-state index in [0.29, 0.717) is 12.2 Å². The number of nitrogens with zero attached hydrogens (tertiary/aromatic N) is 1. The topological polar surface area (TPSA) is 70.0 Å². The number of hydrogen-bond donors (Lipinski definition) is 2. The molecule has 0 bridgehead atoms. The zero-order valence-electron chi connectivity index (χ0n) is 17.1. The smallest absolute Gasteiger partial charge is 0.335 e. The first kappa shape index (κ1) is 28.1. The highest BCUT2D eigenvalue weighted by Crippen LogP contribution is 2.01. The second-order valence-corrected chi connectivity index (χ2v) is 6.41. The van der Waals surface area contributed by atoms with Gasteiger partial charge in [-0.05, 0) is 44.5 Å². The lowest BCUT2D eigenvalue weighted by atomic mass is 10.2. The molecule has 0 saturated carbocycles. The minimum atomic E-state index is -0.879. The van der Waals surface area contributed by atoms with Gasteiger partial charge in [-0.2, -0.15) is 0 Å². The van der Waals surface area contributed by atoms with Crippen LogP contribution in [0.1, 0.15) is 63.2 Å². The molecular weight excluding hydrogens is 366 g/mol. The number of carboxylic acids is 1. The van der Waals surface area contributed by atoms with Gasteiger partial charge in [0.1, 0.15) is 0 Å². The summed E-state index contributed by atoms with van der Waals surface area (Å²) >= 11 is 0. The van der Waals surface area contributed by atoms with E-state index >= 15 is 0 Å². The Morgan fingerprint density at radius 2 is 1.59 bits per heavy atom. The number of aromatic carboxylic acids is 1. The molecule has 0 fully saturated rings. The van der Waals surface area contributed by atoms with Crippen LogP contribution in [0, 0.1) is 0 Å². The molecule has 0 aliphatic rings. The van der Waals surface area contributed by atoms with Crippen molar-refractivity contribution in [3.8, 4) is 0 Å². The van der Waals surface area contributed by atoms with Crippen LogP contribution in [0.4, 0.5) is 0 Å². The van der Waals surface area contributed by atoms with Gasteiger partial charge in [0.05, 0.1) is 18.3 Å². The van der Waals surface area contributed by atoms with E-state index in [1.165, 1.54) is 25.7 Å². The third-order valence-corrected chi connectivity index (χ3v) is 3.80. The average Bonchev–Trinajstić information content (AvgIpc) is 2.65. The maximum absolute atomic E-state index is 10.2. The molecule has 0 aliphatic carbocycles. The summed E-state index contributed by atoms with van der Waals surface area (Å²) in [5.41, 5.74) is 0.331. The summed E-state index contributed by atoms with van der Waals surface area (Å²) in [6.45, 7) is 10.7. The number of carbonyl (C=O) groups is 1. The van der Waals surface area contributed by atoms with E-state index in [1.807, 2.05) is 0 Å². The molecule has 5 nitrogen and oxygen atoms in total. The van der Waals surface area contributed by atoms with Gasteiger partial charge in [-0.1, -0.05) is 51.8 Å². The van der Waals surface area contributed by atoms with Gasteiger partial charge in [0.2, 0.25) is 0 Å². The highest BCUT2D eigenvalue weighted by atomic mass is 35.5. The van der Waals surface area contributed by atoms with E-state index in [-0.39, 0.29) is 18.5 Å². The van der Waals surface area contributed by atoms with Crippen molar-refractivity contribution in [2.24, 2.45) is 0 Å². The summed E-state index contributed by atoms with van der Waals surface area (Å²) in [5.74, 6) is -0.879. The first-order valence-corrected chi connectivity index (χ1v) is 9.81. The van der Waals surface area contributed by atoms with E-state index in [1.54, 1.807) is 30.3 Å². The molecule has 1 aromatic carbocycles. The Balaban J connectivity index is 0. The molecule has 0 aromatic heterocycles. The van der Waals surface area contributed by atoms with Crippen molar-refractivity contribution in [1.29, 1.82) is 0 Å². The van der Waals surface area contributed by atoms with Gasteiger partial charge >= 0.3 is 5.97 Å². The zero-order chi connectivity index (χ0) is 19.6. The summed E-state index contributed by atoms with van der Waals surface area (Å²) in [6, 6.07) is 8.30. The second-order valence-electron chi connectivity index (χ2n) is 6.41. The number of unbranched alkanes of at least 4 members (excludes halogenated alkanes) is 2. The van der Waals surface area contributed by atoms with Crippen LogP contribution < -0.4 is 0 Å². The molecule has 0 amide bonds. The van der Waals surface area contributed by atoms with Gasteiger partial charge in [-0.15, -0.1) is 12.4 Å². The molecular formula is C21H38ClNO4. The quantitative estimate of drug-likeness (QED) is 0.475. The molecule has 158 valence electrons. The Hall–Kier alpha value is -1.14. The predicted molar refractivity (Wildman–Crippen MR) is 114 cm³/mol. The van der Waals surface area contributed by atoms with Crippen molar-refractivity contribution in [1.82, 2.24) is 4.90 Å². The summed E-state index contributed by atoms with van der Waals surface area (Å²) in [4.78, 5) is 12.6. The van der Waals surface area contributed by atoms with E-state index in [4.69, 9.17) is 9.84 Å². The number of rotatable bonds is 13. The highest BCUT2D eigenvalue weighted by molar-refractivity contribution is 5.87. The normalized spacial score (nSPS) is 11.3. The van der Waals surface area contributed by atoms with Crippen LogP contribution in [0.25, 0.3) is 0 Å². The summed E-state index contributed by atoms with van der Waals surface area (Å²) in [7, 11) is 0. The van der Waals surface area contributed by atoms with Crippen LogP contribution in [0.15, 0.2) is 30.3 Å². The molecule has 1 unspecified atom stereocenters. The zero-order valence-corrected chi connectivity index (χ0v) is 17.9. The maximum atomic E-state index is 10.2. The Morgan fingerprint density at radius 1 is 1.04 bits per heavy atom. The fraction of sp³-hybridized carbons (Fsp3) is 0.667. The van der Waals surface area contributed by atoms with Crippen LogP contribution >= 0.6 is 12.4 Å². The summed E-state index contributed by atoms with van der Waals surface area (Å²) in [6.07, 6.45) is 5.53. The first-order chi connectivity index (χ1) is 12.5. The second kappa shape index (κ2) is 19.6. The summed E-state index contributed by atoms with van der Waals surface area (Å²) < 4.78 is 5.38. The van der Waals surface area contributed by atoms with Gasteiger partial charge in [0, 0.05) is 13.2 Å². The molecule has 0 spiro atoms. The number of aliphatic hydroxyl groups is 1. The molecule has 2 N–H and O–H groups in total. The van der Waals surface area contributed by atoms with Crippen molar-refractivity contribution < 1.29 is 19.7 Å². The lowest BCUT2D eigenvalue weighted by Crippen LogP contribution is -2.36. The Kier molecular flexibility index (Phi) is 20.4. The van der Waals surface area contributed by atoms with Crippen LogP contribution in [0.3, 0.4) is 0 Å². The molecule has 6 heteroatoms. The molecule has 27 heavy (non-hydrogen) atoms. The number of halogens is 1. The van der Waals surface area contributed by atoms with E-state index in [9.17, 15) is 9.90 Å². The summed E-state index contributed by atoms with van der Waals surface area (Å²) in [5, 5.41) is 18.3. The van der Waals surface area contributed by atoms with Gasteiger partial charge < -0.3 is 19.8 Å². The monoisotopic (exact) mass is 403 g/mol.